The third kappa shape index (κ3) is 10.4. The lowest BCUT2D eigenvalue weighted by Gasteiger charge is -2.21. The lowest BCUT2D eigenvalue weighted by Crippen LogP contribution is -2.12. The average Bonchev–Trinajstić information content (AvgIpc) is 2.16. The summed E-state index contributed by atoms with van der Waals surface area (Å²) in [7, 11) is 0. The van der Waals surface area contributed by atoms with E-state index in [-0.39, 0.29) is 0 Å². The molecule has 0 saturated carbocycles. The maximum atomic E-state index is 3.79. The third-order valence-corrected chi connectivity index (χ3v) is 3.79. The minimum atomic E-state index is 0.394. The summed E-state index contributed by atoms with van der Waals surface area (Å²) >= 11 is 1.87. The zero-order chi connectivity index (χ0) is 11.6. The van der Waals surface area contributed by atoms with Crippen LogP contribution in [0.1, 0.15) is 72.1 Å². The van der Waals surface area contributed by atoms with Gasteiger partial charge >= 0.3 is 0 Å². The van der Waals surface area contributed by atoms with Crippen molar-refractivity contribution in [3.8, 4) is 0 Å². The SMILES string of the molecule is C=CSC(C)(C)CCCCCCCCC. The van der Waals surface area contributed by atoms with Gasteiger partial charge in [-0.25, -0.2) is 0 Å². The molecule has 0 aliphatic rings. The number of thioether (sulfide) groups is 1. The molecule has 0 saturated heterocycles. The molecule has 0 amide bonds. The fraction of sp³-hybridized carbons (Fsp3) is 0.857. The minimum Gasteiger partial charge on any atom is -0.128 e. The maximum Gasteiger partial charge on any atom is 0.0144 e. The first-order valence-electron chi connectivity index (χ1n) is 6.41. The molecule has 0 atom stereocenters. The fourth-order valence-electron chi connectivity index (χ4n) is 1.79. The monoisotopic (exact) mass is 228 g/mol. The van der Waals surface area contributed by atoms with Crippen LogP contribution < -0.4 is 0 Å². The number of rotatable bonds is 10. The summed E-state index contributed by atoms with van der Waals surface area (Å²) in [5.74, 6) is 0. The van der Waals surface area contributed by atoms with Gasteiger partial charge in [0.15, 0.2) is 0 Å². The van der Waals surface area contributed by atoms with Crippen LogP contribution in [0.15, 0.2) is 12.0 Å². The molecule has 0 aliphatic heterocycles. The first-order chi connectivity index (χ1) is 7.12. The zero-order valence-corrected chi connectivity index (χ0v) is 11.7. The van der Waals surface area contributed by atoms with E-state index in [4.69, 9.17) is 0 Å². The Morgan fingerprint density at radius 3 is 2.07 bits per heavy atom. The zero-order valence-electron chi connectivity index (χ0n) is 10.8. The molecule has 0 aromatic carbocycles. The van der Waals surface area contributed by atoms with Gasteiger partial charge in [0, 0.05) is 4.75 Å². The maximum absolute atomic E-state index is 3.79. The van der Waals surface area contributed by atoms with Crippen molar-refractivity contribution >= 4 is 11.8 Å². The van der Waals surface area contributed by atoms with Gasteiger partial charge in [0.1, 0.15) is 0 Å². The number of hydrogen-bond acceptors (Lipinski definition) is 1. The van der Waals surface area contributed by atoms with Crippen molar-refractivity contribution < 1.29 is 0 Å². The summed E-state index contributed by atoms with van der Waals surface area (Å²) in [4.78, 5) is 0. The summed E-state index contributed by atoms with van der Waals surface area (Å²) in [5.41, 5.74) is 0. The Balaban J connectivity index is 3.26. The highest BCUT2D eigenvalue weighted by atomic mass is 32.2. The van der Waals surface area contributed by atoms with E-state index in [0.717, 1.165) is 0 Å². The largest absolute Gasteiger partial charge is 0.128 e. The van der Waals surface area contributed by atoms with E-state index < -0.39 is 0 Å². The van der Waals surface area contributed by atoms with E-state index in [1.165, 1.54) is 51.4 Å². The molecular formula is C14H28S. The van der Waals surface area contributed by atoms with Gasteiger partial charge in [0.25, 0.3) is 0 Å². The van der Waals surface area contributed by atoms with Crippen LogP contribution >= 0.6 is 11.8 Å². The predicted molar refractivity (Wildman–Crippen MR) is 74.5 cm³/mol. The minimum absolute atomic E-state index is 0.394. The second kappa shape index (κ2) is 9.33. The van der Waals surface area contributed by atoms with E-state index in [1.807, 2.05) is 17.2 Å². The molecule has 0 nitrogen and oxygen atoms in total. The van der Waals surface area contributed by atoms with E-state index >= 15 is 0 Å². The van der Waals surface area contributed by atoms with Gasteiger partial charge in [-0.15, -0.1) is 11.8 Å². The van der Waals surface area contributed by atoms with Crippen molar-refractivity contribution in [3.05, 3.63) is 12.0 Å². The topological polar surface area (TPSA) is 0 Å². The Labute approximate surface area is 101 Å². The summed E-state index contributed by atoms with van der Waals surface area (Å²) in [6.07, 6.45) is 11.2. The van der Waals surface area contributed by atoms with Gasteiger partial charge in [-0.1, -0.05) is 72.3 Å². The standard InChI is InChI=1S/C14H28S/c1-5-7-8-9-10-11-12-13-14(3,4)15-6-2/h6H,2,5,7-13H2,1,3-4H3. The Bertz CT molecular complexity index is 149. The molecule has 0 spiro atoms. The Kier molecular flexibility index (Phi) is 9.38. The van der Waals surface area contributed by atoms with Gasteiger partial charge < -0.3 is 0 Å². The Morgan fingerprint density at radius 2 is 1.53 bits per heavy atom. The molecule has 0 bridgehead atoms. The molecule has 0 unspecified atom stereocenters. The van der Waals surface area contributed by atoms with Crippen LogP contribution in [0.2, 0.25) is 0 Å². The molecular weight excluding hydrogens is 200 g/mol. The lowest BCUT2D eigenvalue weighted by atomic mass is 10.0. The Morgan fingerprint density at radius 1 is 1.00 bits per heavy atom. The summed E-state index contributed by atoms with van der Waals surface area (Å²) < 4.78 is 0.394. The third-order valence-electron chi connectivity index (χ3n) is 2.78. The second-order valence-electron chi connectivity index (χ2n) is 4.92. The number of hydrogen-bond donors (Lipinski definition) is 0. The molecule has 1 heteroatoms. The van der Waals surface area contributed by atoms with E-state index in [1.54, 1.807) is 0 Å². The summed E-state index contributed by atoms with van der Waals surface area (Å²) in [6.45, 7) is 10.7. The van der Waals surface area contributed by atoms with Crippen LogP contribution in [0.25, 0.3) is 0 Å². The van der Waals surface area contributed by atoms with Crippen molar-refractivity contribution in [2.45, 2.75) is 76.9 Å². The summed E-state index contributed by atoms with van der Waals surface area (Å²) in [5, 5.41) is 1.97. The van der Waals surface area contributed by atoms with Gasteiger partial charge in [-0.2, -0.15) is 0 Å². The average molecular weight is 228 g/mol. The van der Waals surface area contributed by atoms with Gasteiger partial charge in [-0.3, -0.25) is 0 Å². The molecule has 0 radical (unpaired) electrons. The molecule has 0 aromatic heterocycles. The first kappa shape index (κ1) is 15.1. The van der Waals surface area contributed by atoms with Gasteiger partial charge in [0.05, 0.1) is 0 Å². The highest BCUT2D eigenvalue weighted by Crippen LogP contribution is 2.30. The van der Waals surface area contributed by atoms with Gasteiger partial charge in [-0.05, 0) is 11.8 Å². The fourth-order valence-corrected chi connectivity index (χ4v) is 2.51. The molecule has 0 heterocycles. The lowest BCUT2D eigenvalue weighted by molar-refractivity contribution is 0.537. The van der Waals surface area contributed by atoms with Crippen molar-refractivity contribution in [1.29, 1.82) is 0 Å². The van der Waals surface area contributed by atoms with Crippen molar-refractivity contribution in [1.82, 2.24) is 0 Å². The summed E-state index contributed by atoms with van der Waals surface area (Å²) in [6, 6.07) is 0. The highest BCUT2D eigenvalue weighted by molar-refractivity contribution is 8.03. The van der Waals surface area contributed by atoms with Crippen LogP contribution in [0, 0.1) is 0 Å². The Hall–Kier alpha value is 0.0900. The van der Waals surface area contributed by atoms with Crippen LogP contribution in [0.5, 0.6) is 0 Å². The van der Waals surface area contributed by atoms with Crippen molar-refractivity contribution in [2.75, 3.05) is 0 Å². The smallest absolute Gasteiger partial charge is 0.0144 e. The second-order valence-corrected chi connectivity index (χ2v) is 6.59. The van der Waals surface area contributed by atoms with E-state index in [9.17, 15) is 0 Å². The highest BCUT2D eigenvalue weighted by Gasteiger charge is 2.15. The van der Waals surface area contributed by atoms with Gasteiger partial charge in [0.2, 0.25) is 0 Å². The predicted octanol–water partition coefficient (Wildman–Crippen LogP) is 5.78. The van der Waals surface area contributed by atoms with Crippen molar-refractivity contribution in [2.24, 2.45) is 0 Å². The van der Waals surface area contributed by atoms with E-state index in [2.05, 4.69) is 27.4 Å². The molecule has 0 N–H and O–H groups in total. The molecule has 15 heavy (non-hydrogen) atoms. The molecule has 0 rings (SSSR count). The van der Waals surface area contributed by atoms with Crippen LogP contribution in [0.3, 0.4) is 0 Å². The quantitative estimate of drug-likeness (QED) is 0.427. The van der Waals surface area contributed by atoms with Crippen LogP contribution in [0.4, 0.5) is 0 Å². The van der Waals surface area contributed by atoms with Crippen LogP contribution in [-0.4, -0.2) is 4.75 Å². The molecule has 0 aliphatic carbocycles. The van der Waals surface area contributed by atoms with Crippen LogP contribution in [-0.2, 0) is 0 Å². The number of unbranched alkanes of at least 4 members (excludes halogenated alkanes) is 6. The molecule has 90 valence electrons. The van der Waals surface area contributed by atoms with E-state index in [0.29, 0.717) is 4.75 Å². The first-order valence-corrected chi connectivity index (χ1v) is 7.29. The normalized spacial score (nSPS) is 11.7. The van der Waals surface area contributed by atoms with Crippen molar-refractivity contribution in [3.63, 3.8) is 0 Å². The molecule has 0 fully saturated rings. The molecule has 0 aromatic rings.